The largest absolute Gasteiger partial charge is 0.464 e. The topological polar surface area (TPSA) is 90.7 Å². The van der Waals surface area contributed by atoms with Crippen molar-refractivity contribution in [1.29, 1.82) is 0 Å². The van der Waals surface area contributed by atoms with E-state index in [0.717, 1.165) is 50.7 Å². The van der Waals surface area contributed by atoms with Crippen LogP contribution in [0.25, 0.3) is 0 Å². The average molecular weight is 515 g/mol. The third-order valence-corrected chi connectivity index (χ3v) is 8.06. The predicted octanol–water partition coefficient (Wildman–Crippen LogP) is 5.44. The molecular weight excluding hydrogens is 464 g/mol. The third-order valence-electron chi connectivity index (χ3n) is 8.06. The molecule has 8 heteroatoms. The highest BCUT2D eigenvalue weighted by Crippen LogP contribution is 2.35. The molecule has 0 aromatic heterocycles. The quantitative estimate of drug-likeness (QED) is 0.168. The number of ether oxygens (including phenoxy) is 1. The molecule has 0 radical (unpaired) electrons. The zero-order valence-corrected chi connectivity index (χ0v) is 23.8. The van der Waals surface area contributed by atoms with E-state index in [2.05, 4.69) is 90.8 Å². The lowest BCUT2D eigenvalue weighted by molar-refractivity contribution is -0.149. The maximum atomic E-state index is 12.1. The van der Waals surface area contributed by atoms with Crippen LogP contribution in [0.1, 0.15) is 75.5 Å². The molecule has 3 unspecified atom stereocenters. The highest BCUT2D eigenvalue weighted by atomic mass is 16.5. The Kier molecular flexibility index (Phi) is 14.4. The first-order valence-corrected chi connectivity index (χ1v) is 14.1. The predicted molar refractivity (Wildman–Crippen MR) is 152 cm³/mol. The minimum atomic E-state index is -0.0475. The van der Waals surface area contributed by atoms with Gasteiger partial charge in [-0.05, 0) is 74.7 Å². The molecule has 0 amide bonds. The number of rotatable bonds is 12. The zero-order chi connectivity index (χ0) is 27.0. The summed E-state index contributed by atoms with van der Waals surface area (Å²) in [5, 5.41) is 14.3. The maximum Gasteiger partial charge on any atom is 0.323 e. The second-order valence-corrected chi connectivity index (χ2v) is 10.6. The number of likely N-dealkylation sites (N-methyl/N-ethyl adjacent to an activating group) is 1. The number of hydrazone groups is 1. The Bertz CT molecular complexity index is 842. The van der Waals surface area contributed by atoms with Crippen molar-refractivity contribution in [3.05, 3.63) is 34.9 Å². The van der Waals surface area contributed by atoms with Gasteiger partial charge < -0.3 is 15.0 Å². The van der Waals surface area contributed by atoms with Crippen LogP contribution in [0, 0.1) is 31.6 Å². The van der Waals surface area contributed by atoms with Crippen molar-refractivity contribution in [2.24, 2.45) is 33.2 Å². The van der Waals surface area contributed by atoms with Gasteiger partial charge in [-0.15, -0.1) is 0 Å². The van der Waals surface area contributed by atoms with Crippen molar-refractivity contribution in [3.63, 3.8) is 0 Å². The van der Waals surface area contributed by atoms with Crippen LogP contribution in [-0.2, 0) is 16.1 Å². The summed E-state index contributed by atoms with van der Waals surface area (Å²) in [4.78, 5) is 14.3. The Labute approximate surface area is 224 Å². The summed E-state index contributed by atoms with van der Waals surface area (Å²) < 4.78 is 5.50. The molecule has 3 rings (SSSR count). The number of nitrogens with zero attached hydrogens (tertiary/aromatic N) is 4. The van der Waals surface area contributed by atoms with E-state index in [0.29, 0.717) is 19.1 Å². The SMILES string of the molecule is C=NNN=NCCN(C)Cc1cccc(C)c1C.CCC(CC)COC(=O)C1CC2CCCCC2CN1. The Morgan fingerprint density at radius 1 is 1.22 bits per heavy atom. The van der Waals surface area contributed by atoms with Crippen LogP contribution in [-0.4, -0.2) is 56.9 Å². The van der Waals surface area contributed by atoms with E-state index >= 15 is 0 Å². The van der Waals surface area contributed by atoms with Gasteiger partial charge in [0.1, 0.15) is 6.04 Å². The van der Waals surface area contributed by atoms with Crippen LogP contribution in [0.5, 0.6) is 0 Å². The molecule has 1 aliphatic heterocycles. The van der Waals surface area contributed by atoms with E-state index in [1.165, 1.54) is 42.4 Å². The lowest BCUT2D eigenvalue weighted by atomic mass is 9.74. The summed E-state index contributed by atoms with van der Waals surface area (Å²) in [6.45, 7) is 15.9. The first-order valence-electron chi connectivity index (χ1n) is 14.1. The minimum Gasteiger partial charge on any atom is -0.464 e. The first kappa shape index (κ1) is 30.9. The van der Waals surface area contributed by atoms with Crippen molar-refractivity contribution < 1.29 is 9.53 Å². The number of nitrogens with one attached hydrogen (secondary N) is 2. The highest BCUT2D eigenvalue weighted by Gasteiger charge is 2.35. The van der Waals surface area contributed by atoms with Crippen molar-refractivity contribution in [2.45, 2.75) is 85.2 Å². The highest BCUT2D eigenvalue weighted by molar-refractivity contribution is 5.76. The number of benzene rings is 1. The second kappa shape index (κ2) is 17.2. The standard InChI is InChI=1S/C16H29NO2.C13H21N5/c1-3-12(4-2)11-19-16(18)15-9-13-7-5-6-8-14(13)10-17-15;1-11-6-5-7-13(12(11)2)10-18(4)9-8-15-17-16-14-3/h12-15,17H,3-11H2,1-2H3;5-7H,3,8-10H2,1-2,4H3,(H,15,16). The van der Waals surface area contributed by atoms with Gasteiger partial charge in [0, 0.05) is 19.8 Å². The maximum absolute atomic E-state index is 12.1. The summed E-state index contributed by atoms with van der Waals surface area (Å²) in [6.07, 6.45) is 8.53. The number of carbonyl (C=O) groups excluding carboxylic acids is 1. The third kappa shape index (κ3) is 10.9. The van der Waals surface area contributed by atoms with Crippen LogP contribution >= 0.6 is 0 Å². The summed E-state index contributed by atoms with van der Waals surface area (Å²) in [5.41, 5.74) is 6.40. The van der Waals surface area contributed by atoms with E-state index in [9.17, 15) is 4.79 Å². The fraction of sp³-hybridized carbons (Fsp3) is 0.724. The van der Waals surface area contributed by atoms with Crippen LogP contribution in [0.15, 0.2) is 33.6 Å². The number of hydrogen-bond donors (Lipinski definition) is 2. The Balaban J connectivity index is 0.000000261. The molecule has 1 aromatic carbocycles. The van der Waals surface area contributed by atoms with E-state index in [-0.39, 0.29) is 12.0 Å². The molecule has 1 saturated carbocycles. The molecular formula is C29H50N6O2. The summed E-state index contributed by atoms with van der Waals surface area (Å²) in [6, 6.07) is 6.36. The lowest BCUT2D eigenvalue weighted by Crippen LogP contribution is -2.49. The molecule has 1 heterocycles. The van der Waals surface area contributed by atoms with Crippen LogP contribution in [0.4, 0.5) is 0 Å². The molecule has 1 aromatic rings. The fourth-order valence-corrected chi connectivity index (χ4v) is 5.23. The first-order chi connectivity index (χ1) is 17.9. The van der Waals surface area contributed by atoms with Crippen molar-refractivity contribution in [1.82, 2.24) is 15.8 Å². The zero-order valence-electron chi connectivity index (χ0n) is 23.8. The van der Waals surface area contributed by atoms with E-state index in [1.807, 2.05) is 0 Å². The van der Waals surface area contributed by atoms with Crippen molar-refractivity contribution >= 4 is 12.7 Å². The van der Waals surface area contributed by atoms with Gasteiger partial charge in [-0.1, -0.05) is 69.4 Å². The van der Waals surface area contributed by atoms with E-state index in [1.54, 1.807) is 0 Å². The molecule has 208 valence electrons. The number of piperidine rings is 1. The molecule has 0 spiro atoms. The molecule has 1 saturated heterocycles. The monoisotopic (exact) mass is 514 g/mol. The van der Waals surface area contributed by atoms with E-state index < -0.39 is 0 Å². The molecule has 2 fully saturated rings. The van der Waals surface area contributed by atoms with Gasteiger partial charge in [0.05, 0.1) is 13.2 Å². The molecule has 1 aliphatic carbocycles. The van der Waals surface area contributed by atoms with Gasteiger partial charge in [0.2, 0.25) is 0 Å². The fourth-order valence-electron chi connectivity index (χ4n) is 5.23. The van der Waals surface area contributed by atoms with Gasteiger partial charge in [-0.25, -0.2) is 0 Å². The second-order valence-electron chi connectivity index (χ2n) is 10.6. The summed E-state index contributed by atoms with van der Waals surface area (Å²) in [7, 11) is 2.08. The molecule has 37 heavy (non-hydrogen) atoms. The van der Waals surface area contributed by atoms with Gasteiger partial charge >= 0.3 is 5.97 Å². The number of fused-ring (bicyclic) bond motifs is 1. The average Bonchev–Trinajstić information content (AvgIpc) is 2.91. The van der Waals surface area contributed by atoms with Gasteiger partial charge in [0.25, 0.3) is 0 Å². The van der Waals surface area contributed by atoms with Gasteiger partial charge in [0.15, 0.2) is 0 Å². The Morgan fingerprint density at radius 3 is 2.65 bits per heavy atom. The summed E-state index contributed by atoms with van der Waals surface area (Å²) >= 11 is 0. The number of hydrogen-bond acceptors (Lipinski definition) is 7. The molecule has 0 bridgehead atoms. The molecule has 3 atom stereocenters. The molecule has 2 aliphatic rings. The summed E-state index contributed by atoms with van der Waals surface area (Å²) in [5.74, 6) is 2.06. The number of esters is 1. The van der Waals surface area contributed by atoms with Crippen molar-refractivity contribution in [3.8, 4) is 0 Å². The van der Waals surface area contributed by atoms with Gasteiger partial charge in [-0.3, -0.25) is 4.79 Å². The van der Waals surface area contributed by atoms with Crippen molar-refractivity contribution in [2.75, 3.05) is 33.3 Å². The van der Waals surface area contributed by atoms with Crippen LogP contribution in [0.2, 0.25) is 0 Å². The molecule has 2 N–H and O–H groups in total. The normalized spacial score (nSPS) is 21.3. The van der Waals surface area contributed by atoms with Crippen LogP contribution in [0.3, 0.4) is 0 Å². The van der Waals surface area contributed by atoms with Gasteiger partial charge in [-0.2, -0.15) is 15.8 Å². The lowest BCUT2D eigenvalue weighted by Gasteiger charge is -2.39. The minimum absolute atomic E-state index is 0.0177. The number of carbonyl (C=O) groups is 1. The number of aryl methyl sites for hydroxylation is 1. The van der Waals surface area contributed by atoms with Crippen LogP contribution < -0.4 is 10.9 Å². The van der Waals surface area contributed by atoms with E-state index in [4.69, 9.17) is 4.74 Å². The smallest absolute Gasteiger partial charge is 0.323 e. The Morgan fingerprint density at radius 2 is 1.95 bits per heavy atom. The molecule has 8 nitrogen and oxygen atoms in total. The Hall–Kier alpha value is -2.32.